The Hall–Kier alpha value is -1.06. The van der Waals surface area contributed by atoms with Crippen molar-refractivity contribution in [3.8, 4) is 5.75 Å². The fourth-order valence-electron chi connectivity index (χ4n) is 2.72. The van der Waals surface area contributed by atoms with Gasteiger partial charge in [0.15, 0.2) is 0 Å². The van der Waals surface area contributed by atoms with Gasteiger partial charge in [-0.1, -0.05) is 12.1 Å². The summed E-state index contributed by atoms with van der Waals surface area (Å²) in [5.74, 6) is 1.98. The Kier molecular flexibility index (Phi) is 4.58. The van der Waals surface area contributed by atoms with Crippen molar-refractivity contribution in [2.75, 3.05) is 26.7 Å². The van der Waals surface area contributed by atoms with Crippen molar-refractivity contribution in [2.45, 2.75) is 38.3 Å². The summed E-state index contributed by atoms with van der Waals surface area (Å²) < 4.78 is 5.93. The highest BCUT2D eigenvalue weighted by Gasteiger charge is 2.33. The Bertz CT molecular complexity index is 427. The highest BCUT2D eigenvalue weighted by Crippen LogP contribution is 2.34. The monoisotopic (exact) mass is 274 g/mol. The maximum atomic E-state index is 5.93. The van der Waals surface area contributed by atoms with Crippen LogP contribution in [0.25, 0.3) is 0 Å². The first kappa shape index (κ1) is 13.9. The standard InChI is InChI=1S/C17H26N2O/c1-18-12-15-3-2-4-17(11-15)20-10-9-19(16-7-8-16)13-14-5-6-14/h2-4,11,14,16,18H,5-10,12-13H2,1H3. The van der Waals surface area contributed by atoms with Crippen molar-refractivity contribution in [1.82, 2.24) is 10.2 Å². The van der Waals surface area contributed by atoms with E-state index in [0.29, 0.717) is 0 Å². The summed E-state index contributed by atoms with van der Waals surface area (Å²) in [7, 11) is 1.97. The van der Waals surface area contributed by atoms with Crippen molar-refractivity contribution in [2.24, 2.45) is 5.92 Å². The molecule has 110 valence electrons. The molecule has 3 heteroatoms. The van der Waals surface area contributed by atoms with E-state index in [1.54, 1.807) is 0 Å². The summed E-state index contributed by atoms with van der Waals surface area (Å²) >= 11 is 0. The zero-order chi connectivity index (χ0) is 13.8. The SMILES string of the molecule is CNCc1cccc(OCCN(CC2CC2)C2CC2)c1. The lowest BCUT2D eigenvalue weighted by Crippen LogP contribution is -2.32. The molecule has 3 nitrogen and oxygen atoms in total. The van der Waals surface area contributed by atoms with Gasteiger partial charge in [0.05, 0.1) is 0 Å². The molecule has 0 spiro atoms. The van der Waals surface area contributed by atoms with Gasteiger partial charge in [-0.2, -0.15) is 0 Å². The second-order valence-electron chi connectivity index (χ2n) is 6.20. The Morgan fingerprint density at radius 2 is 2.10 bits per heavy atom. The molecular weight excluding hydrogens is 248 g/mol. The molecule has 0 unspecified atom stereocenters. The van der Waals surface area contributed by atoms with Crippen LogP contribution in [0.4, 0.5) is 0 Å². The molecule has 0 radical (unpaired) electrons. The molecule has 0 aliphatic heterocycles. The van der Waals surface area contributed by atoms with E-state index in [-0.39, 0.29) is 0 Å². The molecular formula is C17H26N2O. The lowest BCUT2D eigenvalue weighted by atomic mass is 10.2. The third kappa shape index (κ3) is 4.22. The average Bonchev–Trinajstić information content (AvgIpc) is 3.32. The number of hydrogen-bond donors (Lipinski definition) is 1. The van der Waals surface area contributed by atoms with E-state index in [1.165, 1.54) is 37.8 Å². The zero-order valence-corrected chi connectivity index (χ0v) is 12.5. The van der Waals surface area contributed by atoms with Gasteiger partial charge in [-0.3, -0.25) is 4.90 Å². The van der Waals surface area contributed by atoms with Crippen molar-refractivity contribution in [3.63, 3.8) is 0 Å². The molecule has 2 saturated carbocycles. The summed E-state index contributed by atoms with van der Waals surface area (Å²) in [5, 5.41) is 3.17. The maximum Gasteiger partial charge on any atom is 0.119 e. The molecule has 0 bridgehead atoms. The fourth-order valence-corrected chi connectivity index (χ4v) is 2.72. The molecule has 2 aliphatic rings. The maximum absolute atomic E-state index is 5.93. The minimum absolute atomic E-state index is 0.812. The van der Waals surface area contributed by atoms with Crippen molar-refractivity contribution in [1.29, 1.82) is 0 Å². The van der Waals surface area contributed by atoms with Gasteiger partial charge in [0.1, 0.15) is 12.4 Å². The Morgan fingerprint density at radius 1 is 1.25 bits per heavy atom. The normalized spacial score (nSPS) is 18.5. The van der Waals surface area contributed by atoms with Gasteiger partial charge in [0, 0.05) is 25.7 Å². The molecule has 0 atom stereocenters. The lowest BCUT2D eigenvalue weighted by molar-refractivity contribution is 0.195. The largest absolute Gasteiger partial charge is 0.492 e. The van der Waals surface area contributed by atoms with Gasteiger partial charge >= 0.3 is 0 Å². The van der Waals surface area contributed by atoms with Crippen LogP contribution < -0.4 is 10.1 Å². The highest BCUT2D eigenvalue weighted by molar-refractivity contribution is 5.28. The molecule has 3 rings (SSSR count). The van der Waals surface area contributed by atoms with Gasteiger partial charge in [-0.25, -0.2) is 0 Å². The van der Waals surface area contributed by atoms with Crippen LogP contribution in [0.1, 0.15) is 31.2 Å². The zero-order valence-electron chi connectivity index (χ0n) is 12.5. The Morgan fingerprint density at radius 3 is 2.80 bits per heavy atom. The Labute approximate surface area is 122 Å². The molecule has 1 N–H and O–H groups in total. The molecule has 2 fully saturated rings. The van der Waals surface area contributed by atoms with Gasteiger partial charge in [-0.05, 0) is 56.3 Å². The lowest BCUT2D eigenvalue weighted by Gasteiger charge is -2.21. The first-order valence-electron chi connectivity index (χ1n) is 7.95. The van der Waals surface area contributed by atoms with Crippen LogP contribution in [0.2, 0.25) is 0 Å². The number of hydrogen-bond acceptors (Lipinski definition) is 3. The number of ether oxygens (including phenoxy) is 1. The second-order valence-corrected chi connectivity index (χ2v) is 6.20. The fraction of sp³-hybridized carbons (Fsp3) is 0.647. The topological polar surface area (TPSA) is 24.5 Å². The van der Waals surface area contributed by atoms with E-state index in [2.05, 4.69) is 34.5 Å². The molecule has 0 amide bonds. The number of nitrogens with zero attached hydrogens (tertiary/aromatic N) is 1. The quantitative estimate of drug-likeness (QED) is 0.749. The summed E-state index contributed by atoms with van der Waals surface area (Å²) in [4.78, 5) is 2.65. The van der Waals surface area contributed by atoms with E-state index in [4.69, 9.17) is 4.74 Å². The van der Waals surface area contributed by atoms with Crippen LogP contribution in [0.5, 0.6) is 5.75 Å². The number of rotatable bonds is 9. The van der Waals surface area contributed by atoms with E-state index < -0.39 is 0 Å². The number of nitrogens with one attached hydrogen (secondary N) is 1. The first-order valence-corrected chi connectivity index (χ1v) is 7.95. The molecule has 2 aliphatic carbocycles. The Balaban J connectivity index is 1.44. The minimum Gasteiger partial charge on any atom is -0.492 e. The predicted molar refractivity (Wildman–Crippen MR) is 82.0 cm³/mol. The van der Waals surface area contributed by atoms with Crippen LogP contribution in [0.15, 0.2) is 24.3 Å². The van der Waals surface area contributed by atoms with Crippen LogP contribution >= 0.6 is 0 Å². The van der Waals surface area contributed by atoms with Gasteiger partial charge in [-0.15, -0.1) is 0 Å². The third-order valence-electron chi connectivity index (χ3n) is 4.18. The van der Waals surface area contributed by atoms with Crippen LogP contribution in [0.3, 0.4) is 0 Å². The molecule has 1 aromatic rings. The van der Waals surface area contributed by atoms with E-state index >= 15 is 0 Å². The molecule has 20 heavy (non-hydrogen) atoms. The van der Waals surface area contributed by atoms with Crippen LogP contribution in [-0.2, 0) is 6.54 Å². The molecule has 0 saturated heterocycles. The summed E-state index contributed by atoms with van der Waals surface area (Å²) in [6.45, 7) is 4.09. The van der Waals surface area contributed by atoms with E-state index in [9.17, 15) is 0 Å². The van der Waals surface area contributed by atoms with Crippen molar-refractivity contribution in [3.05, 3.63) is 29.8 Å². The second kappa shape index (κ2) is 6.59. The van der Waals surface area contributed by atoms with Gasteiger partial charge < -0.3 is 10.1 Å². The molecule has 0 aromatic heterocycles. The van der Waals surface area contributed by atoms with E-state index in [1.807, 2.05) is 7.05 Å². The highest BCUT2D eigenvalue weighted by atomic mass is 16.5. The molecule has 0 heterocycles. The smallest absolute Gasteiger partial charge is 0.119 e. The first-order chi connectivity index (χ1) is 9.85. The summed E-state index contributed by atoms with van der Waals surface area (Å²) in [6.07, 6.45) is 5.67. The average molecular weight is 274 g/mol. The third-order valence-corrected chi connectivity index (χ3v) is 4.18. The van der Waals surface area contributed by atoms with Gasteiger partial charge in [0.2, 0.25) is 0 Å². The van der Waals surface area contributed by atoms with Gasteiger partial charge in [0.25, 0.3) is 0 Å². The van der Waals surface area contributed by atoms with Crippen molar-refractivity contribution < 1.29 is 4.74 Å². The summed E-state index contributed by atoms with van der Waals surface area (Å²) in [5.41, 5.74) is 1.28. The minimum atomic E-state index is 0.812. The number of benzene rings is 1. The summed E-state index contributed by atoms with van der Waals surface area (Å²) in [6, 6.07) is 9.26. The van der Waals surface area contributed by atoms with Crippen LogP contribution in [-0.4, -0.2) is 37.7 Å². The van der Waals surface area contributed by atoms with Crippen molar-refractivity contribution >= 4 is 0 Å². The van der Waals surface area contributed by atoms with E-state index in [0.717, 1.165) is 37.4 Å². The van der Waals surface area contributed by atoms with Crippen LogP contribution in [0, 0.1) is 5.92 Å². The predicted octanol–water partition coefficient (Wildman–Crippen LogP) is 2.66. The molecule has 1 aromatic carbocycles.